The minimum absolute atomic E-state index is 0.0386. The standard InChI is InChI=1S/C24H26FN7O/c1-14(2)20-13-32(7-6-26-20)22-5-4-19(28-29-22)24-21(33)10-16(11-27-24)15-8-17-12-31(3)30-23(17)18(25)9-15/h4-5,8-12,14,20,26,33H,6-7,13H2,1-3H3/t20-/m1/s1. The maximum absolute atomic E-state index is 14.5. The number of pyridine rings is 1. The van der Waals surface area contributed by atoms with E-state index in [-0.39, 0.29) is 5.75 Å². The summed E-state index contributed by atoms with van der Waals surface area (Å²) in [6.45, 7) is 7.06. The van der Waals surface area contributed by atoms with E-state index in [1.54, 1.807) is 30.2 Å². The molecule has 3 aromatic heterocycles. The smallest absolute Gasteiger partial charge is 0.151 e. The number of nitrogens with zero attached hydrogens (tertiary/aromatic N) is 6. The largest absolute Gasteiger partial charge is 0.506 e. The number of nitrogens with one attached hydrogen (secondary N) is 1. The Hall–Kier alpha value is -3.59. The molecule has 9 heteroatoms. The van der Waals surface area contributed by atoms with Gasteiger partial charge in [-0.1, -0.05) is 13.8 Å². The Kier molecular flexibility index (Phi) is 5.41. The summed E-state index contributed by atoms with van der Waals surface area (Å²) >= 11 is 0. The second-order valence-electron chi connectivity index (χ2n) is 8.82. The lowest BCUT2D eigenvalue weighted by Gasteiger charge is -2.36. The van der Waals surface area contributed by atoms with E-state index in [1.807, 2.05) is 18.2 Å². The predicted octanol–water partition coefficient (Wildman–Crippen LogP) is 3.37. The number of hydrogen-bond acceptors (Lipinski definition) is 7. The van der Waals surface area contributed by atoms with Gasteiger partial charge in [-0.15, -0.1) is 10.2 Å². The number of aromatic hydroxyl groups is 1. The predicted molar refractivity (Wildman–Crippen MR) is 125 cm³/mol. The molecule has 1 atom stereocenters. The first-order valence-electron chi connectivity index (χ1n) is 11.0. The van der Waals surface area contributed by atoms with Crippen LogP contribution in [0.1, 0.15) is 13.8 Å². The van der Waals surface area contributed by atoms with E-state index in [2.05, 4.69) is 44.3 Å². The highest BCUT2D eigenvalue weighted by Gasteiger charge is 2.23. The molecule has 0 saturated carbocycles. The lowest BCUT2D eigenvalue weighted by atomic mass is 10.0. The van der Waals surface area contributed by atoms with Gasteiger partial charge in [0, 0.05) is 56.1 Å². The number of piperazine rings is 1. The van der Waals surface area contributed by atoms with Crippen molar-refractivity contribution < 1.29 is 9.50 Å². The number of aryl methyl sites for hydroxylation is 1. The van der Waals surface area contributed by atoms with Crippen LogP contribution in [0.15, 0.2) is 42.7 Å². The van der Waals surface area contributed by atoms with Gasteiger partial charge in [0.2, 0.25) is 0 Å². The molecule has 0 unspecified atom stereocenters. The van der Waals surface area contributed by atoms with Crippen LogP contribution < -0.4 is 10.2 Å². The van der Waals surface area contributed by atoms with Gasteiger partial charge in [-0.3, -0.25) is 4.68 Å². The molecule has 4 heterocycles. The summed E-state index contributed by atoms with van der Waals surface area (Å²) in [4.78, 5) is 6.62. The Labute approximate surface area is 191 Å². The molecule has 5 rings (SSSR count). The highest BCUT2D eigenvalue weighted by molar-refractivity contribution is 5.85. The molecule has 1 saturated heterocycles. The normalized spacial score (nSPS) is 16.6. The quantitative estimate of drug-likeness (QED) is 0.496. The summed E-state index contributed by atoms with van der Waals surface area (Å²) in [5.74, 6) is 0.887. The van der Waals surface area contributed by atoms with Gasteiger partial charge in [-0.2, -0.15) is 5.10 Å². The Morgan fingerprint density at radius 1 is 1.15 bits per heavy atom. The molecule has 33 heavy (non-hydrogen) atoms. The fourth-order valence-electron chi connectivity index (χ4n) is 4.24. The first-order chi connectivity index (χ1) is 15.9. The van der Waals surface area contributed by atoms with Gasteiger partial charge in [0.25, 0.3) is 0 Å². The van der Waals surface area contributed by atoms with Crippen LogP contribution in [-0.2, 0) is 7.05 Å². The van der Waals surface area contributed by atoms with E-state index < -0.39 is 5.82 Å². The number of halogens is 1. The SMILES string of the molecule is CC(C)[C@H]1CN(c2ccc(-c3ncc(-c4cc(F)c5nn(C)cc5c4)cc3O)nn2)CCN1. The van der Waals surface area contributed by atoms with Crippen molar-refractivity contribution >= 4 is 16.7 Å². The van der Waals surface area contributed by atoms with Crippen LogP contribution >= 0.6 is 0 Å². The van der Waals surface area contributed by atoms with E-state index in [4.69, 9.17) is 0 Å². The van der Waals surface area contributed by atoms with Gasteiger partial charge in [-0.05, 0) is 41.8 Å². The second-order valence-corrected chi connectivity index (χ2v) is 8.82. The fraction of sp³-hybridized carbons (Fsp3) is 0.333. The van der Waals surface area contributed by atoms with Crippen LogP contribution in [-0.4, -0.2) is 55.7 Å². The topological polar surface area (TPSA) is 92.0 Å². The monoisotopic (exact) mass is 447 g/mol. The van der Waals surface area contributed by atoms with Crippen LogP contribution in [0.3, 0.4) is 0 Å². The third-order valence-corrected chi connectivity index (χ3v) is 6.10. The van der Waals surface area contributed by atoms with Crippen molar-refractivity contribution in [2.24, 2.45) is 13.0 Å². The number of fused-ring (bicyclic) bond motifs is 1. The number of hydrogen-bond donors (Lipinski definition) is 2. The third-order valence-electron chi connectivity index (χ3n) is 6.10. The van der Waals surface area contributed by atoms with Gasteiger partial charge in [0.05, 0.1) is 0 Å². The zero-order valence-electron chi connectivity index (χ0n) is 18.8. The van der Waals surface area contributed by atoms with E-state index in [9.17, 15) is 9.50 Å². The van der Waals surface area contributed by atoms with Gasteiger partial charge in [0.15, 0.2) is 11.6 Å². The van der Waals surface area contributed by atoms with Gasteiger partial charge in [0.1, 0.15) is 22.7 Å². The summed E-state index contributed by atoms with van der Waals surface area (Å²) in [6.07, 6.45) is 3.35. The molecule has 0 spiro atoms. The molecule has 0 aliphatic carbocycles. The molecular formula is C24H26FN7O. The maximum Gasteiger partial charge on any atom is 0.151 e. The van der Waals surface area contributed by atoms with Crippen LogP contribution in [0.4, 0.5) is 10.2 Å². The van der Waals surface area contributed by atoms with Crippen LogP contribution in [0.5, 0.6) is 5.75 Å². The molecule has 170 valence electrons. The number of aromatic nitrogens is 5. The maximum atomic E-state index is 14.5. The molecule has 1 aliphatic heterocycles. The van der Waals surface area contributed by atoms with Crippen molar-refractivity contribution in [1.82, 2.24) is 30.3 Å². The first kappa shape index (κ1) is 21.3. The van der Waals surface area contributed by atoms with Crippen molar-refractivity contribution in [1.29, 1.82) is 0 Å². The summed E-state index contributed by atoms with van der Waals surface area (Å²) in [5.41, 5.74) is 2.34. The number of anilines is 1. The highest BCUT2D eigenvalue weighted by atomic mass is 19.1. The summed E-state index contributed by atoms with van der Waals surface area (Å²) in [5, 5.41) is 27.7. The van der Waals surface area contributed by atoms with Crippen LogP contribution in [0, 0.1) is 11.7 Å². The molecule has 0 bridgehead atoms. The first-order valence-corrected chi connectivity index (χ1v) is 11.0. The molecule has 2 N–H and O–H groups in total. The Morgan fingerprint density at radius 2 is 2.00 bits per heavy atom. The van der Waals surface area contributed by atoms with E-state index >= 15 is 0 Å². The fourth-order valence-corrected chi connectivity index (χ4v) is 4.24. The molecule has 0 radical (unpaired) electrons. The van der Waals surface area contributed by atoms with E-state index in [0.29, 0.717) is 45.4 Å². The van der Waals surface area contributed by atoms with Gasteiger partial charge in [-0.25, -0.2) is 9.37 Å². The van der Waals surface area contributed by atoms with E-state index in [0.717, 1.165) is 25.5 Å². The Bertz CT molecular complexity index is 1300. The summed E-state index contributed by atoms with van der Waals surface area (Å²) in [6, 6.07) is 8.93. The van der Waals surface area contributed by atoms with Crippen LogP contribution in [0.2, 0.25) is 0 Å². The Balaban J connectivity index is 1.40. The molecule has 4 aromatic rings. The number of rotatable bonds is 4. The molecule has 8 nitrogen and oxygen atoms in total. The number of benzene rings is 1. The lowest BCUT2D eigenvalue weighted by molar-refractivity contribution is 0.367. The van der Waals surface area contributed by atoms with Gasteiger partial charge >= 0.3 is 0 Å². The third kappa shape index (κ3) is 4.11. The molecular weight excluding hydrogens is 421 g/mol. The summed E-state index contributed by atoms with van der Waals surface area (Å²) in [7, 11) is 1.75. The van der Waals surface area contributed by atoms with Crippen molar-refractivity contribution in [2.45, 2.75) is 19.9 Å². The average Bonchev–Trinajstić information content (AvgIpc) is 3.20. The van der Waals surface area contributed by atoms with Crippen molar-refractivity contribution in [2.75, 3.05) is 24.5 Å². The minimum Gasteiger partial charge on any atom is -0.506 e. The molecule has 0 amide bonds. The minimum atomic E-state index is -0.416. The molecule has 1 aliphatic rings. The zero-order chi connectivity index (χ0) is 23.1. The average molecular weight is 448 g/mol. The summed E-state index contributed by atoms with van der Waals surface area (Å²) < 4.78 is 16.0. The van der Waals surface area contributed by atoms with Gasteiger partial charge < -0.3 is 15.3 Å². The Morgan fingerprint density at radius 3 is 2.73 bits per heavy atom. The van der Waals surface area contributed by atoms with Crippen molar-refractivity contribution in [3.8, 4) is 28.3 Å². The van der Waals surface area contributed by atoms with Crippen LogP contribution in [0.25, 0.3) is 33.4 Å². The van der Waals surface area contributed by atoms with Crippen molar-refractivity contribution in [3.63, 3.8) is 0 Å². The highest BCUT2D eigenvalue weighted by Crippen LogP contribution is 2.32. The second kappa shape index (κ2) is 8.40. The molecule has 1 aromatic carbocycles. The molecule has 1 fully saturated rings. The lowest BCUT2D eigenvalue weighted by Crippen LogP contribution is -2.53. The van der Waals surface area contributed by atoms with Crippen molar-refractivity contribution in [3.05, 3.63) is 48.5 Å². The van der Waals surface area contributed by atoms with E-state index in [1.165, 1.54) is 6.07 Å². The zero-order valence-corrected chi connectivity index (χ0v) is 18.8.